The zero-order valence-corrected chi connectivity index (χ0v) is 7.79. The smallest absolute Gasteiger partial charge is 0.182 e. The first-order valence-corrected chi connectivity index (χ1v) is 4.21. The molecule has 1 aromatic carbocycles. The predicted octanol–water partition coefficient (Wildman–Crippen LogP) is 3.04. The van der Waals surface area contributed by atoms with Crippen LogP contribution in [0.1, 0.15) is 10.4 Å². The molecule has 0 aliphatic carbocycles. The van der Waals surface area contributed by atoms with Gasteiger partial charge in [0.25, 0.3) is 0 Å². The van der Waals surface area contributed by atoms with E-state index in [1.165, 1.54) is 0 Å². The van der Waals surface area contributed by atoms with Gasteiger partial charge in [-0.2, -0.15) is 0 Å². The van der Waals surface area contributed by atoms with Crippen molar-refractivity contribution in [3.8, 4) is 0 Å². The summed E-state index contributed by atoms with van der Waals surface area (Å²) < 4.78 is 25.5. The summed E-state index contributed by atoms with van der Waals surface area (Å²) in [6, 6.07) is 1.45. The SMILES string of the molecule is O=C(CCl)c1c(F)cc(F)cc1Cl. The number of alkyl halides is 1. The third kappa shape index (κ3) is 2.17. The number of Topliss-reactive ketones (excluding diaryl/α,β-unsaturated/α-hetero) is 1. The van der Waals surface area contributed by atoms with Crippen LogP contribution in [0.2, 0.25) is 5.02 Å². The van der Waals surface area contributed by atoms with E-state index in [1.807, 2.05) is 0 Å². The van der Waals surface area contributed by atoms with E-state index in [-0.39, 0.29) is 16.5 Å². The monoisotopic (exact) mass is 224 g/mol. The highest BCUT2D eigenvalue weighted by molar-refractivity contribution is 6.37. The molecule has 0 fully saturated rings. The predicted molar refractivity (Wildman–Crippen MR) is 46.4 cm³/mol. The van der Waals surface area contributed by atoms with Gasteiger partial charge < -0.3 is 0 Å². The van der Waals surface area contributed by atoms with Crippen molar-refractivity contribution in [2.45, 2.75) is 0 Å². The summed E-state index contributed by atoms with van der Waals surface area (Å²) in [5.74, 6) is -2.86. The lowest BCUT2D eigenvalue weighted by Crippen LogP contribution is -2.05. The lowest BCUT2D eigenvalue weighted by Gasteiger charge is -2.02. The van der Waals surface area contributed by atoms with E-state index in [0.29, 0.717) is 6.07 Å². The van der Waals surface area contributed by atoms with Crippen molar-refractivity contribution in [2.75, 3.05) is 5.88 Å². The first-order chi connectivity index (χ1) is 6.06. The number of halogens is 4. The van der Waals surface area contributed by atoms with Gasteiger partial charge in [-0.05, 0) is 6.07 Å². The van der Waals surface area contributed by atoms with Crippen LogP contribution in [0.15, 0.2) is 12.1 Å². The van der Waals surface area contributed by atoms with E-state index in [0.717, 1.165) is 6.07 Å². The lowest BCUT2D eigenvalue weighted by molar-refractivity contribution is 0.101. The molecule has 1 nitrogen and oxygen atoms in total. The minimum absolute atomic E-state index is 0.261. The highest BCUT2D eigenvalue weighted by atomic mass is 35.5. The summed E-state index contributed by atoms with van der Waals surface area (Å²) in [5, 5.41) is -0.261. The second-order valence-corrected chi connectivity index (χ2v) is 2.98. The molecule has 0 N–H and O–H groups in total. The van der Waals surface area contributed by atoms with Crippen LogP contribution in [0.5, 0.6) is 0 Å². The molecule has 0 saturated heterocycles. The number of carbonyl (C=O) groups excluding carboxylic acids is 1. The van der Waals surface area contributed by atoms with Gasteiger partial charge in [0.15, 0.2) is 5.78 Å². The zero-order chi connectivity index (χ0) is 10.0. The molecule has 1 rings (SSSR count). The molecule has 0 aliphatic heterocycles. The van der Waals surface area contributed by atoms with Crippen LogP contribution in [-0.4, -0.2) is 11.7 Å². The van der Waals surface area contributed by atoms with Crippen LogP contribution in [0.3, 0.4) is 0 Å². The van der Waals surface area contributed by atoms with Crippen LogP contribution in [0, 0.1) is 11.6 Å². The van der Waals surface area contributed by atoms with E-state index >= 15 is 0 Å². The van der Waals surface area contributed by atoms with Crippen LogP contribution in [0.4, 0.5) is 8.78 Å². The molecule has 0 unspecified atom stereocenters. The Labute approximate surface area is 83.3 Å². The molecule has 0 amide bonds. The fraction of sp³-hybridized carbons (Fsp3) is 0.125. The lowest BCUT2D eigenvalue weighted by atomic mass is 10.1. The topological polar surface area (TPSA) is 17.1 Å². The Balaban J connectivity index is 3.28. The molecule has 0 spiro atoms. The fourth-order valence-electron chi connectivity index (χ4n) is 0.875. The van der Waals surface area contributed by atoms with Crippen LogP contribution >= 0.6 is 23.2 Å². The summed E-state index contributed by atoms with van der Waals surface area (Å²) in [7, 11) is 0. The number of hydrogen-bond donors (Lipinski definition) is 0. The summed E-state index contributed by atoms with van der Waals surface area (Å²) >= 11 is 10.7. The molecule has 0 radical (unpaired) electrons. The maximum Gasteiger partial charge on any atom is 0.182 e. The molecule has 0 heterocycles. The molecule has 0 atom stereocenters. The molecule has 0 aliphatic rings. The van der Waals surface area contributed by atoms with Gasteiger partial charge in [0.2, 0.25) is 0 Å². The fourth-order valence-corrected chi connectivity index (χ4v) is 1.31. The normalized spacial score (nSPS) is 10.2. The van der Waals surface area contributed by atoms with Crippen molar-refractivity contribution in [1.29, 1.82) is 0 Å². The second-order valence-electron chi connectivity index (χ2n) is 2.30. The van der Waals surface area contributed by atoms with E-state index in [4.69, 9.17) is 23.2 Å². The first-order valence-electron chi connectivity index (χ1n) is 3.30. The van der Waals surface area contributed by atoms with Gasteiger partial charge in [-0.1, -0.05) is 11.6 Å². The molecule has 70 valence electrons. The van der Waals surface area contributed by atoms with E-state index in [9.17, 15) is 13.6 Å². The molecular formula is C8H4Cl2F2O. The molecule has 1 aromatic rings. The standard InChI is InChI=1S/C8H4Cl2F2O/c9-3-7(13)8-5(10)1-4(11)2-6(8)12/h1-2H,3H2. The van der Waals surface area contributed by atoms with Gasteiger partial charge in [0.1, 0.15) is 11.6 Å². The summed E-state index contributed by atoms with van der Waals surface area (Å²) in [5.41, 5.74) is -0.363. The van der Waals surface area contributed by atoms with Crippen LogP contribution in [0.25, 0.3) is 0 Å². The second kappa shape index (κ2) is 4.03. The minimum Gasteiger partial charge on any atom is -0.293 e. The molecule has 5 heteroatoms. The Morgan fingerprint density at radius 3 is 2.46 bits per heavy atom. The van der Waals surface area contributed by atoms with Crippen molar-refractivity contribution < 1.29 is 13.6 Å². The minimum atomic E-state index is -0.990. The van der Waals surface area contributed by atoms with E-state index in [1.54, 1.807) is 0 Å². The zero-order valence-electron chi connectivity index (χ0n) is 6.28. The number of hydrogen-bond acceptors (Lipinski definition) is 1. The number of carbonyl (C=O) groups is 1. The van der Waals surface area contributed by atoms with Gasteiger partial charge in [-0.3, -0.25) is 4.79 Å². The molecule has 13 heavy (non-hydrogen) atoms. The number of benzene rings is 1. The Morgan fingerprint density at radius 2 is 2.00 bits per heavy atom. The maximum absolute atomic E-state index is 12.9. The maximum atomic E-state index is 12.9. The first kappa shape index (κ1) is 10.4. The van der Waals surface area contributed by atoms with Crippen LogP contribution in [-0.2, 0) is 0 Å². The van der Waals surface area contributed by atoms with Crippen molar-refractivity contribution in [3.63, 3.8) is 0 Å². The third-order valence-electron chi connectivity index (χ3n) is 1.41. The highest BCUT2D eigenvalue weighted by Crippen LogP contribution is 2.21. The van der Waals surface area contributed by atoms with Crippen molar-refractivity contribution in [2.24, 2.45) is 0 Å². The van der Waals surface area contributed by atoms with Gasteiger partial charge in [-0.25, -0.2) is 8.78 Å². The van der Waals surface area contributed by atoms with Crippen molar-refractivity contribution in [3.05, 3.63) is 34.4 Å². The molecular weight excluding hydrogens is 221 g/mol. The Hall–Kier alpha value is -0.670. The van der Waals surface area contributed by atoms with Gasteiger partial charge in [-0.15, -0.1) is 11.6 Å². The molecule has 0 saturated carbocycles. The number of rotatable bonds is 2. The average molecular weight is 225 g/mol. The summed E-state index contributed by atoms with van der Waals surface area (Å²) in [6.07, 6.45) is 0. The van der Waals surface area contributed by atoms with Gasteiger partial charge >= 0.3 is 0 Å². The highest BCUT2D eigenvalue weighted by Gasteiger charge is 2.16. The van der Waals surface area contributed by atoms with Crippen molar-refractivity contribution in [1.82, 2.24) is 0 Å². The molecule has 0 bridgehead atoms. The summed E-state index contributed by atoms with van der Waals surface area (Å²) in [4.78, 5) is 11.0. The van der Waals surface area contributed by atoms with E-state index in [2.05, 4.69) is 0 Å². The third-order valence-corrected chi connectivity index (χ3v) is 1.95. The molecule has 0 aromatic heterocycles. The quantitative estimate of drug-likeness (QED) is 0.558. The van der Waals surface area contributed by atoms with E-state index < -0.39 is 17.4 Å². The Bertz CT molecular complexity index is 329. The van der Waals surface area contributed by atoms with Gasteiger partial charge in [0, 0.05) is 6.07 Å². The largest absolute Gasteiger partial charge is 0.293 e. The van der Waals surface area contributed by atoms with Crippen LogP contribution < -0.4 is 0 Å². The Morgan fingerprint density at radius 1 is 1.38 bits per heavy atom. The van der Waals surface area contributed by atoms with Crippen molar-refractivity contribution >= 4 is 29.0 Å². The average Bonchev–Trinajstić information content (AvgIpc) is 2.02. The Kier molecular flexibility index (Phi) is 3.22. The summed E-state index contributed by atoms with van der Waals surface area (Å²) in [6.45, 7) is 0. The van der Waals surface area contributed by atoms with Gasteiger partial charge in [0.05, 0.1) is 16.5 Å². The number of ketones is 1.